The predicted molar refractivity (Wildman–Crippen MR) is 64.1 cm³/mol. The molecule has 1 aromatic carbocycles. The highest BCUT2D eigenvalue weighted by Crippen LogP contribution is 2.21. The Morgan fingerprint density at radius 1 is 1.35 bits per heavy atom. The lowest BCUT2D eigenvalue weighted by molar-refractivity contribution is 0.109. The molecule has 0 saturated carbocycles. The number of amides is 1. The van der Waals surface area contributed by atoms with Crippen LogP contribution < -0.4 is 0 Å². The first-order valence-corrected chi connectivity index (χ1v) is 5.93. The van der Waals surface area contributed by atoms with Gasteiger partial charge in [-0.05, 0) is 43.0 Å². The fraction of sp³-hybridized carbons (Fsp3) is 0.462. The van der Waals surface area contributed by atoms with Gasteiger partial charge in [-0.15, -0.1) is 0 Å². The second-order valence-electron chi connectivity index (χ2n) is 4.14. The summed E-state index contributed by atoms with van der Waals surface area (Å²) >= 11 is 0. The summed E-state index contributed by atoms with van der Waals surface area (Å²) in [6.07, 6.45) is 1.33. The van der Waals surface area contributed by atoms with Crippen LogP contribution in [0.1, 0.15) is 18.1 Å². The van der Waals surface area contributed by atoms with Crippen molar-refractivity contribution < 1.29 is 14.6 Å². The fourth-order valence-corrected chi connectivity index (χ4v) is 2.11. The zero-order chi connectivity index (χ0) is 12.3. The smallest absolute Gasteiger partial charge is 0.409 e. The van der Waals surface area contributed by atoms with Crippen LogP contribution in [0, 0.1) is 0 Å². The van der Waals surface area contributed by atoms with Crippen LogP contribution in [-0.4, -0.2) is 35.8 Å². The van der Waals surface area contributed by atoms with Crippen LogP contribution in [0.15, 0.2) is 18.2 Å². The zero-order valence-electron chi connectivity index (χ0n) is 9.98. The summed E-state index contributed by atoms with van der Waals surface area (Å²) in [5, 5.41) is 9.43. The molecule has 92 valence electrons. The first kappa shape index (κ1) is 11.8. The molecular formula is C13H17NO3. The zero-order valence-corrected chi connectivity index (χ0v) is 9.98. The molecule has 0 atom stereocenters. The van der Waals surface area contributed by atoms with Gasteiger partial charge in [0, 0.05) is 13.1 Å². The molecule has 4 nitrogen and oxygen atoms in total. The molecule has 17 heavy (non-hydrogen) atoms. The van der Waals surface area contributed by atoms with Gasteiger partial charge in [-0.1, -0.05) is 6.07 Å². The lowest BCUT2D eigenvalue weighted by Gasteiger charge is -2.18. The second kappa shape index (κ2) is 5.08. The van der Waals surface area contributed by atoms with Gasteiger partial charge in [0.2, 0.25) is 0 Å². The van der Waals surface area contributed by atoms with Crippen molar-refractivity contribution in [2.45, 2.75) is 19.8 Å². The average molecular weight is 235 g/mol. The van der Waals surface area contributed by atoms with Gasteiger partial charge in [-0.3, -0.25) is 0 Å². The van der Waals surface area contributed by atoms with E-state index in [0.29, 0.717) is 19.7 Å². The number of phenolic OH excluding ortho intramolecular Hbond substituents is 1. The maximum atomic E-state index is 11.6. The van der Waals surface area contributed by atoms with Crippen LogP contribution >= 0.6 is 0 Å². The summed E-state index contributed by atoms with van der Waals surface area (Å²) in [7, 11) is 0. The molecule has 1 heterocycles. The quantitative estimate of drug-likeness (QED) is 0.809. The second-order valence-corrected chi connectivity index (χ2v) is 4.14. The lowest BCUT2D eigenvalue weighted by Crippen LogP contribution is -2.33. The Bertz CT molecular complexity index is 417. The summed E-state index contributed by atoms with van der Waals surface area (Å²) in [5.74, 6) is 0.285. The number of carbonyl (C=O) groups is 1. The Hall–Kier alpha value is -1.71. The molecule has 0 aliphatic carbocycles. The number of ether oxygens (including phenoxy) is 1. The SMILES string of the molecule is CCOC(=O)N1CCc2ccc(O)cc2CC1. The Labute approximate surface area is 101 Å². The van der Waals surface area contributed by atoms with E-state index in [0.717, 1.165) is 18.4 Å². The summed E-state index contributed by atoms with van der Waals surface area (Å²) in [6, 6.07) is 5.40. The van der Waals surface area contributed by atoms with Gasteiger partial charge in [0.05, 0.1) is 6.61 Å². The molecular weight excluding hydrogens is 218 g/mol. The molecule has 0 fully saturated rings. The van der Waals surface area contributed by atoms with Crippen LogP contribution in [0.25, 0.3) is 0 Å². The minimum Gasteiger partial charge on any atom is -0.508 e. The van der Waals surface area contributed by atoms with Crippen LogP contribution in [0.4, 0.5) is 4.79 Å². The molecule has 1 N–H and O–H groups in total. The normalized spacial score (nSPS) is 15.0. The van der Waals surface area contributed by atoms with E-state index in [2.05, 4.69) is 0 Å². The number of fused-ring (bicyclic) bond motifs is 1. The number of carbonyl (C=O) groups excluding carboxylic acids is 1. The van der Waals surface area contributed by atoms with E-state index >= 15 is 0 Å². The topological polar surface area (TPSA) is 49.8 Å². The number of aromatic hydroxyl groups is 1. The van der Waals surface area contributed by atoms with Crippen molar-refractivity contribution in [2.75, 3.05) is 19.7 Å². The van der Waals surface area contributed by atoms with Crippen molar-refractivity contribution in [2.24, 2.45) is 0 Å². The highest BCUT2D eigenvalue weighted by atomic mass is 16.6. The number of hydrogen-bond donors (Lipinski definition) is 1. The number of phenols is 1. The molecule has 2 rings (SSSR count). The number of benzene rings is 1. The van der Waals surface area contributed by atoms with Gasteiger partial charge >= 0.3 is 6.09 Å². The number of rotatable bonds is 1. The predicted octanol–water partition coefficient (Wildman–Crippen LogP) is 1.95. The van der Waals surface area contributed by atoms with Crippen LogP contribution in [0.5, 0.6) is 5.75 Å². The van der Waals surface area contributed by atoms with E-state index in [-0.39, 0.29) is 11.8 Å². The van der Waals surface area contributed by atoms with E-state index in [1.807, 2.05) is 13.0 Å². The maximum Gasteiger partial charge on any atom is 0.409 e. The maximum absolute atomic E-state index is 11.6. The highest BCUT2D eigenvalue weighted by Gasteiger charge is 2.19. The Morgan fingerprint density at radius 2 is 2.06 bits per heavy atom. The van der Waals surface area contributed by atoms with Gasteiger partial charge in [0.15, 0.2) is 0 Å². The molecule has 0 bridgehead atoms. The largest absolute Gasteiger partial charge is 0.508 e. The summed E-state index contributed by atoms with van der Waals surface area (Å²) < 4.78 is 5.00. The Balaban J connectivity index is 2.08. The molecule has 4 heteroatoms. The monoisotopic (exact) mass is 235 g/mol. The van der Waals surface area contributed by atoms with Crippen LogP contribution in [0.3, 0.4) is 0 Å². The van der Waals surface area contributed by atoms with Crippen LogP contribution in [-0.2, 0) is 17.6 Å². The molecule has 1 amide bonds. The van der Waals surface area contributed by atoms with E-state index < -0.39 is 0 Å². The Kier molecular flexibility index (Phi) is 3.52. The van der Waals surface area contributed by atoms with Crippen LogP contribution in [0.2, 0.25) is 0 Å². The van der Waals surface area contributed by atoms with Crippen molar-refractivity contribution in [3.63, 3.8) is 0 Å². The molecule has 1 aliphatic heterocycles. The molecule has 1 aromatic rings. The minimum absolute atomic E-state index is 0.246. The summed E-state index contributed by atoms with van der Waals surface area (Å²) in [4.78, 5) is 13.3. The van der Waals surface area contributed by atoms with E-state index in [9.17, 15) is 9.90 Å². The van der Waals surface area contributed by atoms with Gasteiger partial charge in [0.1, 0.15) is 5.75 Å². The molecule has 0 radical (unpaired) electrons. The third-order valence-corrected chi connectivity index (χ3v) is 3.02. The lowest BCUT2D eigenvalue weighted by atomic mass is 10.0. The van der Waals surface area contributed by atoms with Crippen molar-refractivity contribution in [3.8, 4) is 5.75 Å². The molecule has 0 saturated heterocycles. The van der Waals surface area contributed by atoms with Crippen molar-refractivity contribution in [1.82, 2.24) is 4.90 Å². The first-order valence-electron chi connectivity index (χ1n) is 5.93. The standard InChI is InChI=1S/C13H17NO3/c1-2-17-13(16)14-7-5-10-3-4-12(15)9-11(10)6-8-14/h3-4,9,15H,2,5-8H2,1H3. The van der Waals surface area contributed by atoms with Gasteiger partial charge in [0.25, 0.3) is 0 Å². The molecule has 0 aromatic heterocycles. The summed E-state index contributed by atoms with van der Waals surface area (Å²) in [6.45, 7) is 3.54. The van der Waals surface area contributed by atoms with E-state index in [1.165, 1.54) is 5.56 Å². The van der Waals surface area contributed by atoms with Gasteiger partial charge in [-0.25, -0.2) is 4.79 Å². The third-order valence-electron chi connectivity index (χ3n) is 3.02. The number of hydrogen-bond acceptors (Lipinski definition) is 3. The van der Waals surface area contributed by atoms with Crippen molar-refractivity contribution >= 4 is 6.09 Å². The third kappa shape index (κ3) is 2.70. The highest BCUT2D eigenvalue weighted by molar-refractivity contribution is 5.67. The van der Waals surface area contributed by atoms with E-state index in [4.69, 9.17) is 4.74 Å². The Morgan fingerprint density at radius 3 is 2.76 bits per heavy atom. The van der Waals surface area contributed by atoms with Gasteiger partial charge in [-0.2, -0.15) is 0 Å². The average Bonchev–Trinajstić information content (AvgIpc) is 2.51. The number of nitrogens with zero attached hydrogens (tertiary/aromatic N) is 1. The van der Waals surface area contributed by atoms with Crippen molar-refractivity contribution in [3.05, 3.63) is 29.3 Å². The fourth-order valence-electron chi connectivity index (χ4n) is 2.11. The summed E-state index contributed by atoms with van der Waals surface area (Å²) in [5.41, 5.74) is 2.33. The first-order chi connectivity index (χ1) is 8.20. The van der Waals surface area contributed by atoms with Crippen molar-refractivity contribution in [1.29, 1.82) is 0 Å². The van der Waals surface area contributed by atoms with E-state index in [1.54, 1.807) is 17.0 Å². The van der Waals surface area contributed by atoms with Gasteiger partial charge < -0.3 is 14.7 Å². The molecule has 0 unspecified atom stereocenters. The molecule has 1 aliphatic rings. The molecule has 0 spiro atoms. The minimum atomic E-state index is -0.246.